The number of rotatable bonds is 4. The van der Waals surface area contributed by atoms with Crippen molar-refractivity contribution in [1.29, 1.82) is 0 Å². The van der Waals surface area contributed by atoms with Crippen LogP contribution >= 0.6 is 33.6 Å². The Balaban J connectivity index is 3.08. The fourth-order valence-electron chi connectivity index (χ4n) is 0.841. The predicted molar refractivity (Wildman–Crippen MR) is 60.7 cm³/mol. The quantitative estimate of drug-likeness (QED) is 0.631. The molecule has 0 aromatic carbocycles. The van der Waals surface area contributed by atoms with Gasteiger partial charge in [-0.1, -0.05) is 11.6 Å². The molecule has 0 N–H and O–H groups in total. The molecule has 0 aliphatic carbocycles. The smallest absolute Gasteiger partial charge is 0.401 e. The van der Waals surface area contributed by atoms with Gasteiger partial charge in [-0.25, -0.2) is 4.79 Å². The maximum Gasteiger partial charge on any atom is 0.401 e. The summed E-state index contributed by atoms with van der Waals surface area (Å²) in [5, 5.41) is 1.34. The third-order valence-electron chi connectivity index (χ3n) is 1.35. The van der Waals surface area contributed by atoms with Crippen molar-refractivity contribution in [3.8, 4) is 5.75 Å². The molecule has 0 saturated carbocycles. The number of thiophene rings is 1. The maximum absolute atomic E-state index is 11.4. The zero-order valence-electron chi connectivity index (χ0n) is 7.90. The van der Waals surface area contributed by atoms with E-state index in [2.05, 4.69) is 4.18 Å². The molecule has 0 aliphatic heterocycles. The number of hydrogen-bond acceptors (Lipinski definition) is 6. The molecule has 1 aromatic heterocycles. The molecule has 0 atom stereocenters. The van der Waals surface area contributed by atoms with Gasteiger partial charge in [0.15, 0.2) is 10.6 Å². The van der Waals surface area contributed by atoms with Crippen molar-refractivity contribution < 1.29 is 22.1 Å². The van der Waals surface area contributed by atoms with Crippen LogP contribution in [0.25, 0.3) is 0 Å². The Bertz CT molecular complexity index is 493. The number of ether oxygens (including phenoxy) is 1. The lowest BCUT2D eigenvalue weighted by Crippen LogP contribution is -2.07. The first-order valence-electron chi connectivity index (χ1n) is 3.93. The van der Waals surface area contributed by atoms with E-state index >= 15 is 0 Å². The molecular weight excluding hydrogens is 299 g/mol. The molecule has 0 saturated heterocycles. The van der Waals surface area contributed by atoms with Crippen molar-refractivity contribution in [1.82, 2.24) is 0 Å². The van der Waals surface area contributed by atoms with E-state index in [-0.39, 0.29) is 22.3 Å². The Hall–Kier alpha value is -0.500. The van der Waals surface area contributed by atoms with Crippen LogP contribution in [0.1, 0.15) is 16.6 Å². The molecule has 0 unspecified atom stereocenters. The van der Waals surface area contributed by atoms with E-state index in [4.69, 9.17) is 27.0 Å². The summed E-state index contributed by atoms with van der Waals surface area (Å²) < 4.78 is 30.5. The molecule has 5 nitrogen and oxygen atoms in total. The van der Waals surface area contributed by atoms with Gasteiger partial charge in [-0.3, -0.25) is 0 Å². The fraction of sp³-hybridized carbons (Fsp3) is 0.286. The average molecular weight is 305 g/mol. The maximum atomic E-state index is 11.4. The molecule has 1 aromatic rings. The second-order valence-electron chi connectivity index (χ2n) is 2.44. The summed E-state index contributed by atoms with van der Waals surface area (Å²) in [6.07, 6.45) is 0. The summed E-state index contributed by atoms with van der Waals surface area (Å²) in [7, 11) is 0.640. The van der Waals surface area contributed by atoms with Gasteiger partial charge >= 0.3 is 15.3 Å². The van der Waals surface area contributed by atoms with Crippen LogP contribution in [-0.4, -0.2) is 21.0 Å². The first-order chi connectivity index (χ1) is 7.35. The summed E-state index contributed by atoms with van der Waals surface area (Å²) in [5.74, 6) is -1.02. The van der Waals surface area contributed by atoms with E-state index in [9.17, 15) is 13.2 Å². The van der Waals surface area contributed by atoms with Gasteiger partial charge in [0, 0.05) is 5.38 Å². The Morgan fingerprint density at radius 1 is 1.56 bits per heavy atom. The molecule has 1 rings (SSSR count). The Morgan fingerprint density at radius 2 is 2.19 bits per heavy atom. The van der Waals surface area contributed by atoms with Gasteiger partial charge in [-0.05, 0) is 6.92 Å². The van der Waals surface area contributed by atoms with Crippen molar-refractivity contribution in [3.63, 3.8) is 0 Å². The van der Waals surface area contributed by atoms with Gasteiger partial charge in [0.1, 0.15) is 0 Å². The minimum atomic E-state index is -4.25. The highest BCUT2D eigenvalue weighted by molar-refractivity contribution is 8.10. The normalized spacial score (nSPS) is 11.2. The zero-order valence-corrected chi connectivity index (χ0v) is 11.0. The zero-order chi connectivity index (χ0) is 12.3. The van der Waals surface area contributed by atoms with Crippen molar-refractivity contribution >= 4 is 48.9 Å². The lowest BCUT2D eigenvalue weighted by Gasteiger charge is -2.03. The molecule has 0 radical (unpaired) electrons. The highest BCUT2D eigenvalue weighted by Gasteiger charge is 2.23. The van der Waals surface area contributed by atoms with Crippen LogP contribution in [-0.2, 0) is 14.1 Å². The summed E-state index contributed by atoms with van der Waals surface area (Å²) in [6.45, 7) is 1.77. The largest absolute Gasteiger partial charge is 0.462 e. The first-order valence-corrected chi connectivity index (χ1v) is 7.42. The summed E-state index contributed by atoms with van der Waals surface area (Å²) in [6, 6.07) is 0. The minimum absolute atomic E-state index is 0.0164. The minimum Gasteiger partial charge on any atom is -0.462 e. The Kier molecular flexibility index (Phi) is 4.43. The standard InChI is InChI=1S/C7H6Cl2O5S2/c1-2-13-7(10)6-5(4(8)3-15-6)14-16(9,11)12/h3H,2H2,1H3. The van der Waals surface area contributed by atoms with Crippen LogP contribution in [0.5, 0.6) is 5.75 Å². The number of halogens is 2. The second kappa shape index (κ2) is 5.22. The van der Waals surface area contributed by atoms with E-state index in [1.165, 1.54) is 5.38 Å². The summed E-state index contributed by atoms with van der Waals surface area (Å²) in [4.78, 5) is 11.3. The molecule has 90 valence electrons. The second-order valence-corrected chi connectivity index (χ2v) is 5.81. The molecule has 1 heterocycles. The lowest BCUT2D eigenvalue weighted by atomic mass is 10.4. The molecule has 16 heavy (non-hydrogen) atoms. The van der Waals surface area contributed by atoms with Crippen molar-refractivity contribution in [3.05, 3.63) is 15.3 Å². The molecule has 0 fully saturated rings. The molecule has 9 heteroatoms. The summed E-state index contributed by atoms with van der Waals surface area (Å²) in [5.41, 5.74) is 0. The SMILES string of the molecule is CCOC(=O)c1scc(Cl)c1OS(=O)(=O)Cl. The van der Waals surface area contributed by atoms with Crippen LogP contribution in [0.2, 0.25) is 5.02 Å². The van der Waals surface area contributed by atoms with Crippen molar-refractivity contribution in [2.24, 2.45) is 0 Å². The number of carbonyl (C=O) groups excluding carboxylic acids is 1. The lowest BCUT2D eigenvalue weighted by molar-refractivity contribution is 0.0530. The van der Waals surface area contributed by atoms with Gasteiger partial charge in [0.25, 0.3) is 0 Å². The number of carbonyl (C=O) groups is 1. The third-order valence-corrected chi connectivity index (χ3v) is 3.25. The molecule has 0 amide bonds. The van der Waals surface area contributed by atoms with E-state index in [0.717, 1.165) is 11.3 Å². The predicted octanol–water partition coefficient (Wildman–Crippen LogP) is 2.44. The van der Waals surface area contributed by atoms with Gasteiger partial charge in [0.2, 0.25) is 0 Å². The van der Waals surface area contributed by atoms with E-state index in [1.807, 2.05) is 0 Å². The monoisotopic (exact) mass is 304 g/mol. The molecule has 0 spiro atoms. The van der Waals surface area contributed by atoms with E-state index in [0.29, 0.717) is 0 Å². The van der Waals surface area contributed by atoms with Crippen LogP contribution in [0.4, 0.5) is 0 Å². The highest BCUT2D eigenvalue weighted by atomic mass is 35.7. The van der Waals surface area contributed by atoms with Crippen LogP contribution in [0, 0.1) is 0 Å². The highest BCUT2D eigenvalue weighted by Crippen LogP contribution is 2.36. The van der Waals surface area contributed by atoms with Gasteiger partial charge in [-0.2, -0.15) is 8.42 Å². The van der Waals surface area contributed by atoms with Crippen LogP contribution in [0.15, 0.2) is 5.38 Å². The molecule has 0 bridgehead atoms. The number of esters is 1. The van der Waals surface area contributed by atoms with Crippen molar-refractivity contribution in [2.45, 2.75) is 6.92 Å². The van der Waals surface area contributed by atoms with Crippen molar-refractivity contribution in [2.75, 3.05) is 6.61 Å². The van der Waals surface area contributed by atoms with Crippen LogP contribution < -0.4 is 4.18 Å². The van der Waals surface area contributed by atoms with Crippen LogP contribution in [0.3, 0.4) is 0 Å². The van der Waals surface area contributed by atoms with Gasteiger partial charge in [-0.15, -0.1) is 11.3 Å². The Morgan fingerprint density at radius 3 is 2.69 bits per heavy atom. The average Bonchev–Trinajstić information content (AvgIpc) is 2.46. The number of hydrogen-bond donors (Lipinski definition) is 0. The summed E-state index contributed by atoms with van der Waals surface area (Å²) >= 11 is 6.56. The Labute approximate surface area is 105 Å². The van der Waals surface area contributed by atoms with E-state index < -0.39 is 15.3 Å². The third kappa shape index (κ3) is 3.51. The van der Waals surface area contributed by atoms with Gasteiger partial charge in [0.05, 0.1) is 22.3 Å². The van der Waals surface area contributed by atoms with Gasteiger partial charge < -0.3 is 8.92 Å². The van der Waals surface area contributed by atoms with E-state index in [1.54, 1.807) is 6.92 Å². The molecular formula is C7H6Cl2O5S2. The fourth-order valence-corrected chi connectivity index (χ4v) is 2.57. The topological polar surface area (TPSA) is 69.7 Å². The molecule has 0 aliphatic rings. The first kappa shape index (κ1) is 13.6.